The van der Waals surface area contributed by atoms with E-state index in [2.05, 4.69) is 0 Å². The second-order valence-corrected chi connectivity index (χ2v) is 4.95. The number of hydrogen-bond donors (Lipinski definition) is 1. The Bertz CT molecular complexity index is 303. The van der Waals surface area contributed by atoms with E-state index in [1.165, 1.54) is 0 Å². The van der Waals surface area contributed by atoms with Gasteiger partial charge in [0.15, 0.2) is 0 Å². The zero-order valence-electron chi connectivity index (χ0n) is 10.5. The Balaban J connectivity index is 2.28. The molecule has 0 aliphatic heterocycles. The van der Waals surface area contributed by atoms with Crippen LogP contribution in [0.5, 0.6) is 5.75 Å². The lowest BCUT2D eigenvalue weighted by Gasteiger charge is -2.12. The van der Waals surface area contributed by atoms with Crippen LogP contribution in [0.1, 0.15) is 18.0 Å². The minimum absolute atomic E-state index is 0.0912. The molecule has 1 unspecified atom stereocenters. The van der Waals surface area contributed by atoms with Crippen molar-refractivity contribution in [3.8, 4) is 5.75 Å². The average Bonchev–Trinajstić information content (AvgIpc) is 2.38. The van der Waals surface area contributed by atoms with Crippen molar-refractivity contribution in [2.75, 3.05) is 32.3 Å². The van der Waals surface area contributed by atoms with E-state index in [0.717, 1.165) is 35.8 Å². The van der Waals surface area contributed by atoms with E-state index in [0.29, 0.717) is 0 Å². The molecule has 1 rings (SSSR count). The van der Waals surface area contributed by atoms with Crippen molar-refractivity contribution in [3.05, 3.63) is 29.8 Å². The standard InChI is InChI=1S/C13H21NO2S/c1-15-8-3-9-17-10-13(14)11-4-6-12(16-2)7-5-11/h4-7,13H,3,8-10,14H2,1-2H3. The van der Waals surface area contributed by atoms with Gasteiger partial charge in [0.25, 0.3) is 0 Å². The normalized spacial score (nSPS) is 12.4. The largest absolute Gasteiger partial charge is 0.497 e. The van der Waals surface area contributed by atoms with Gasteiger partial charge < -0.3 is 15.2 Å². The predicted octanol–water partition coefficient (Wildman–Crippen LogP) is 2.46. The van der Waals surface area contributed by atoms with Gasteiger partial charge in [0.2, 0.25) is 0 Å². The number of thioether (sulfide) groups is 1. The molecular formula is C13H21NO2S. The summed E-state index contributed by atoms with van der Waals surface area (Å²) < 4.78 is 10.1. The van der Waals surface area contributed by atoms with Gasteiger partial charge in [0.05, 0.1) is 7.11 Å². The first kappa shape index (κ1) is 14.4. The first-order chi connectivity index (χ1) is 8.27. The molecule has 1 aromatic carbocycles. The highest BCUT2D eigenvalue weighted by Gasteiger charge is 2.05. The number of nitrogens with two attached hydrogens (primary N) is 1. The fourth-order valence-corrected chi connectivity index (χ4v) is 2.40. The summed E-state index contributed by atoms with van der Waals surface area (Å²) in [7, 11) is 3.40. The van der Waals surface area contributed by atoms with Gasteiger partial charge in [-0.25, -0.2) is 0 Å². The SMILES string of the molecule is COCCCSCC(N)c1ccc(OC)cc1. The van der Waals surface area contributed by atoms with Crippen LogP contribution in [0.15, 0.2) is 24.3 Å². The summed E-state index contributed by atoms with van der Waals surface area (Å²) in [6.07, 6.45) is 1.08. The lowest BCUT2D eigenvalue weighted by Crippen LogP contribution is -2.13. The first-order valence-corrected chi connectivity index (χ1v) is 6.89. The molecule has 0 spiro atoms. The van der Waals surface area contributed by atoms with Crippen molar-refractivity contribution in [3.63, 3.8) is 0 Å². The van der Waals surface area contributed by atoms with Crippen LogP contribution in [0, 0.1) is 0 Å². The van der Waals surface area contributed by atoms with Gasteiger partial charge in [0, 0.05) is 25.5 Å². The highest BCUT2D eigenvalue weighted by molar-refractivity contribution is 7.99. The Kier molecular flexibility index (Phi) is 7.08. The Morgan fingerprint density at radius 2 is 1.94 bits per heavy atom. The maximum atomic E-state index is 6.11. The van der Waals surface area contributed by atoms with Gasteiger partial charge in [-0.3, -0.25) is 0 Å². The molecule has 0 aliphatic rings. The fraction of sp³-hybridized carbons (Fsp3) is 0.538. The van der Waals surface area contributed by atoms with Crippen LogP contribution in [-0.2, 0) is 4.74 Å². The molecule has 0 amide bonds. The lowest BCUT2D eigenvalue weighted by atomic mass is 10.1. The molecule has 1 aromatic rings. The Hall–Kier alpha value is -0.710. The maximum absolute atomic E-state index is 6.11. The summed E-state index contributed by atoms with van der Waals surface area (Å²) in [5.41, 5.74) is 7.27. The summed E-state index contributed by atoms with van der Waals surface area (Å²) in [6, 6.07) is 8.04. The molecule has 0 fully saturated rings. The summed E-state index contributed by atoms with van der Waals surface area (Å²) in [6.45, 7) is 0.824. The molecule has 0 radical (unpaired) electrons. The summed E-state index contributed by atoms with van der Waals surface area (Å²) in [5, 5.41) is 0. The van der Waals surface area contributed by atoms with E-state index in [4.69, 9.17) is 15.2 Å². The third-order valence-electron chi connectivity index (χ3n) is 2.48. The van der Waals surface area contributed by atoms with Gasteiger partial charge >= 0.3 is 0 Å². The first-order valence-electron chi connectivity index (χ1n) is 5.74. The number of methoxy groups -OCH3 is 2. The molecule has 0 saturated carbocycles. The molecule has 0 bridgehead atoms. The Morgan fingerprint density at radius 3 is 2.53 bits per heavy atom. The fourth-order valence-electron chi connectivity index (χ4n) is 1.46. The third-order valence-corrected chi connectivity index (χ3v) is 3.65. The van der Waals surface area contributed by atoms with Gasteiger partial charge in [0.1, 0.15) is 5.75 Å². The predicted molar refractivity (Wildman–Crippen MR) is 73.7 cm³/mol. The highest BCUT2D eigenvalue weighted by Crippen LogP contribution is 2.19. The van der Waals surface area contributed by atoms with E-state index in [9.17, 15) is 0 Å². The van der Waals surface area contributed by atoms with Crippen molar-refractivity contribution >= 4 is 11.8 Å². The molecule has 3 nitrogen and oxygen atoms in total. The molecule has 0 aliphatic carbocycles. The highest BCUT2D eigenvalue weighted by atomic mass is 32.2. The second-order valence-electron chi connectivity index (χ2n) is 3.80. The molecule has 4 heteroatoms. The quantitative estimate of drug-likeness (QED) is 0.725. The van der Waals surface area contributed by atoms with E-state index in [1.807, 2.05) is 36.0 Å². The minimum atomic E-state index is 0.0912. The topological polar surface area (TPSA) is 44.5 Å². The Morgan fingerprint density at radius 1 is 1.24 bits per heavy atom. The zero-order chi connectivity index (χ0) is 12.5. The molecule has 96 valence electrons. The smallest absolute Gasteiger partial charge is 0.118 e. The van der Waals surface area contributed by atoms with E-state index < -0.39 is 0 Å². The molecule has 17 heavy (non-hydrogen) atoms. The monoisotopic (exact) mass is 255 g/mol. The van der Waals surface area contributed by atoms with Gasteiger partial charge in [-0.05, 0) is 29.9 Å². The van der Waals surface area contributed by atoms with Crippen LogP contribution in [0.4, 0.5) is 0 Å². The van der Waals surface area contributed by atoms with Crippen LogP contribution in [-0.4, -0.2) is 32.3 Å². The summed E-state index contributed by atoms with van der Waals surface area (Å²) in [4.78, 5) is 0. The number of benzene rings is 1. The number of hydrogen-bond acceptors (Lipinski definition) is 4. The molecule has 2 N–H and O–H groups in total. The Labute approximate surface area is 108 Å². The average molecular weight is 255 g/mol. The van der Waals surface area contributed by atoms with Crippen LogP contribution in [0.3, 0.4) is 0 Å². The number of ether oxygens (including phenoxy) is 2. The second kappa shape index (κ2) is 8.39. The van der Waals surface area contributed by atoms with Gasteiger partial charge in [-0.15, -0.1) is 0 Å². The molecule has 1 atom stereocenters. The summed E-state index contributed by atoms with van der Waals surface area (Å²) >= 11 is 1.87. The van der Waals surface area contributed by atoms with Crippen molar-refractivity contribution in [1.29, 1.82) is 0 Å². The molecule has 0 heterocycles. The number of rotatable bonds is 8. The van der Waals surface area contributed by atoms with Crippen molar-refractivity contribution in [2.45, 2.75) is 12.5 Å². The van der Waals surface area contributed by atoms with Crippen LogP contribution in [0.2, 0.25) is 0 Å². The van der Waals surface area contributed by atoms with Crippen molar-refractivity contribution in [2.24, 2.45) is 5.73 Å². The van der Waals surface area contributed by atoms with Crippen molar-refractivity contribution < 1.29 is 9.47 Å². The minimum Gasteiger partial charge on any atom is -0.497 e. The van der Waals surface area contributed by atoms with E-state index in [-0.39, 0.29) is 6.04 Å². The molecule has 0 aromatic heterocycles. The van der Waals surface area contributed by atoms with E-state index in [1.54, 1.807) is 14.2 Å². The summed E-state index contributed by atoms with van der Waals surface area (Å²) in [5.74, 6) is 2.90. The van der Waals surface area contributed by atoms with Crippen LogP contribution >= 0.6 is 11.8 Å². The third kappa shape index (κ3) is 5.44. The van der Waals surface area contributed by atoms with Crippen LogP contribution < -0.4 is 10.5 Å². The van der Waals surface area contributed by atoms with Crippen LogP contribution in [0.25, 0.3) is 0 Å². The molecule has 0 saturated heterocycles. The molecular weight excluding hydrogens is 234 g/mol. The maximum Gasteiger partial charge on any atom is 0.118 e. The van der Waals surface area contributed by atoms with Crippen molar-refractivity contribution in [1.82, 2.24) is 0 Å². The zero-order valence-corrected chi connectivity index (χ0v) is 11.3. The van der Waals surface area contributed by atoms with Gasteiger partial charge in [-0.2, -0.15) is 11.8 Å². The van der Waals surface area contributed by atoms with Gasteiger partial charge in [-0.1, -0.05) is 12.1 Å². The lowest BCUT2D eigenvalue weighted by molar-refractivity contribution is 0.200. The van der Waals surface area contributed by atoms with E-state index >= 15 is 0 Å².